The lowest BCUT2D eigenvalue weighted by Gasteiger charge is -2.28. The van der Waals surface area contributed by atoms with Gasteiger partial charge in [0.1, 0.15) is 11.5 Å². The SMILES string of the molecule is CCc1ccc(NC(=O)C2=C(C)NC(SCC(=O)Nc3cccc(OC)c3)=C(C#N)C2c2ccco2)cc1. The number of nitrogens with one attached hydrogen (secondary N) is 3. The van der Waals surface area contributed by atoms with Crippen molar-refractivity contribution in [2.24, 2.45) is 0 Å². The normalized spacial score (nSPS) is 14.9. The zero-order valence-electron chi connectivity index (χ0n) is 21.3. The Morgan fingerprint density at radius 2 is 1.89 bits per heavy atom. The van der Waals surface area contributed by atoms with E-state index in [9.17, 15) is 14.9 Å². The highest BCUT2D eigenvalue weighted by molar-refractivity contribution is 8.03. The minimum atomic E-state index is -0.727. The number of amides is 2. The number of carbonyl (C=O) groups excluding carboxylic acids is 2. The number of anilines is 2. The molecule has 9 heteroatoms. The van der Waals surface area contributed by atoms with Crippen molar-refractivity contribution in [3.8, 4) is 11.8 Å². The molecule has 38 heavy (non-hydrogen) atoms. The summed E-state index contributed by atoms with van der Waals surface area (Å²) in [4.78, 5) is 26.1. The largest absolute Gasteiger partial charge is 0.497 e. The molecule has 0 bridgehead atoms. The van der Waals surface area contributed by atoms with Crippen molar-refractivity contribution in [3.05, 3.63) is 100 Å². The Labute approximate surface area is 225 Å². The summed E-state index contributed by atoms with van der Waals surface area (Å²) < 4.78 is 10.9. The predicted molar refractivity (Wildman–Crippen MR) is 148 cm³/mol. The number of methoxy groups -OCH3 is 1. The van der Waals surface area contributed by atoms with E-state index >= 15 is 0 Å². The zero-order chi connectivity index (χ0) is 27.1. The predicted octanol–water partition coefficient (Wildman–Crippen LogP) is 5.56. The molecule has 0 aliphatic carbocycles. The number of nitrogens with zero attached hydrogens (tertiary/aromatic N) is 1. The second kappa shape index (κ2) is 12.2. The third-order valence-corrected chi connectivity index (χ3v) is 7.06. The molecular weight excluding hydrogens is 500 g/mol. The second-order valence-electron chi connectivity index (χ2n) is 8.54. The summed E-state index contributed by atoms with van der Waals surface area (Å²) in [5.74, 6) is -0.164. The molecule has 1 aliphatic heterocycles. The Balaban J connectivity index is 1.55. The number of carbonyl (C=O) groups is 2. The van der Waals surface area contributed by atoms with Gasteiger partial charge in [0.2, 0.25) is 5.91 Å². The molecule has 2 aromatic carbocycles. The number of hydrogen-bond acceptors (Lipinski definition) is 7. The molecule has 0 spiro atoms. The Bertz CT molecular complexity index is 1420. The number of allylic oxidation sites excluding steroid dienone is 2. The van der Waals surface area contributed by atoms with Crippen LogP contribution >= 0.6 is 11.8 Å². The Morgan fingerprint density at radius 1 is 1.11 bits per heavy atom. The summed E-state index contributed by atoms with van der Waals surface area (Å²) in [5, 5.41) is 19.6. The van der Waals surface area contributed by atoms with E-state index in [4.69, 9.17) is 9.15 Å². The zero-order valence-corrected chi connectivity index (χ0v) is 22.1. The van der Waals surface area contributed by atoms with Crippen molar-refractivity contribution in [3.63, 3.8) is 0 Å². The van der Waals surface area contributed by atoms with Crippen LogP contribution in [0, 0.1) is 11.3 Å². The molecule has 4 rings (SSSR count). The fourth-order valence-electron chi connectivity index (χ4n) is 4.13. The molecule has 2 amide bonds. The molecule has 0 fully saturated rings. The summed E-state index contributed by atoms with van der Waals surface area (Å²) in [6.45, 7) is 3.84. The van der Waals surface area contributed by atoms with Crippen LogP contribution in [0.5, 0.6) is 5.75 Å². The standard InChI is InChI=1S/C29H28N4O4S/c1-4-19-10-12-20(13-11-19)33-28(35)26-18(2)31-29(23(16-30)27(26)24-9-6-14-37-24)38-17-25(34)32-21-7-5-8-22(15-21)36-3/h5-15,27,31H,4,17H2,1-3H3,(H,32,34)(H,33,35). The lowest BCUT2D eigenvalue weighted by Crippen LogP contribution is -2.31. The first-order chi connectivity index (χ1) is 18.4. The molecule has 0 radical (unpaired) electrons. The van der Waals surface area contributed by atoms with Gasteiger partial charge in [-0.25, -0.2) is 0 Å². The lowest BCUT2D eigenvalue weighted by atomic mass is 9.85. The number of hydrogen-bond donors (Lipinski definition) is 3. The number of ether oxygens (including phenoxy) is 1. The molecule has 1 aromatic heterocycles. The molecule has 2 heterocycles. The van der Waals surface area contributed by atoms with Crippen LogP contribution in [0.3, 0.4) is 0 Å². The number of aryl methyl sites for hydroxylation is 1. The first kappa shape index (κ1) is 26.6. The third-order valence-electron chi connectivity index (χ3n) is 6.04. The number of nitriles is 1. The van der Waals surface area contributed by atoms with E-state index in [2.05, 4.69) is 28.9 Å². The van der Waals surface area contributed by atoms with Gasteiger partial charge in [0.05, 0.1) is 47.3 Å². The lowest BCUT2D eigenvalue weighted by molar-refractivity contribution is -0.114. The van der Waals surface area contributed by atoms with Crippen molar-refractivity contribution in [1.82, 2.24) is 5.32 Å². The van der Waals surface area contributed by atoms with E-state index in [-0.39, 0.29) is 17.6 Å². The van der Waals surface area contributed by atoms with Gasteiger partial charge in [0.25, 0.3) is 5.91 Å². The van der Waals surface area contributed by atoms with Gasteiger partial charge in [-0.3, -0.25) is 9.59 Å². The van der Waals surface area contributed by atoms with E-state index in [1.807, 2.05) is 24.3 Å². The number of dihydropyridines is 1. The average Bonchev–Trinajstić information content (AvgIpc) is 3.46. The van der Waals surface area contributed by atoms with Gasteiger partial charge >= 0.3 is 0 Å². The highest BCUT2D eigenvalue weighted by atomic mass is 32.2. The molecule has 1 aliphatic rings. The van der Waals surface area contributed by atoms with Gasteiger partial charge in [-0.2, -0.15) is 5.26 Å². The minimum absolute atomic E-state index is 0.0498. The fraction of sp³-hybridized carbons (Fsp3) is 0.207. The summed E-state index contributed by atoms with van der Waals surface area (Å²) in [7, 11) is 1.56. The topological polar surface area (TPSA) is 116 Å². The van der Waals surface area contributed by atoms with Crippen LogP contribution in [0.25, 0.3) is 0 Å². The van der Waals surface area contributed by atoms with Gasteiger partial charge in [-0.1, -0.05) is 36.9 Å². The molecule has 194 valence electrons. The smallest absolute Gasteiger partial charge is 0.254 e. The van der Waals surface area contributed by atoms with E-state index in [1.165, 1.54) is 18.0 Å². The Morgan fingerprint density at radius 3 is 2.55 bits per heavy atom. The van der Waals surface area contributed by atoms with E-state index in [0.29, 0.717) is 44.8 Å². The molecule has 8 nitrogen and oxygen atoms in total. The maximum absolute atomic E-state index is 13.5. The van der Waals surface area contributed by atoms with Crippen LogP contribution in [-0.4, -0.2) is 24.7 Å². The molecule has 1 atom stereocenters. The van der Waals surface area contributed by atoms with Gasteiger partial charge in [0.15, 0.2) is 0 Å². The maximum atomic E-state index is 13.5. The van der Waals surface area contributed by atoms with Crippen LogP contribution in [0.1, 0.15) is 31.1 Å². The number of benzene rings is 2. The summed E-state index contributed by atoms with van der Waals surface area (Å²) in [5.41, 5.74) is 3.68. The van der Waals surface area contributed by atoms with Crippen molar-refractivity contribution >= 4 is 35.0 Å². The number of rotatable bonds is 9. The molecule has 0 saturated heterocycles. The molecule has 0 saturated carbocycles. The van der Waals surface area contributed by atoms with E-state index in [0.717, 1.165) is 12.0 Å². The Hall–Kier alpha value is -4.42. The van der Waals surface area contributed by atoms with Gasteiger partial charge < -0.3 is 25.1 Å². The highest BCUT2D eigenvalue weighted by Crippen LogP contribution is 2.41. The fourth-order valence-corrected chi connectivity index (χ4v) is 5.02. The van der Waals surface area contributed by atoms with E-state index < -0.39 is 5.92 Å². The molecule has 3 aromatic rings. The van der Waals surface area contributed by atoms with Crippen LogP contribution in [0.4, 0.5) is 11.4 Å². The number of thioether (sulfide) groups is 1. The van der Waals surface area contributed by atoms with Crippen LogP contribution in [-0.2, 0) is 16.0 Å². The maximum Gasteiger partial charge on any atom is 0.254 e. The highest BCUT2D eigenvalue weighted by Gasteiger charge is 2.36. The monoisotopic (exact) mass is 528 g/mol. The minimum Gasteiger partial charge on any atom is -0.497 e. The van der Waals surface area contributed by atoms with Crippen molar-refractivity contribution < 1.29 is 18.7 Å². The van der Waals surface area contributed by atoms with Crippen molar-refractivity contribution in [2.45, 2.75) is 26.2 Å². The molecule has 1 unspecified atom stereocenters. The Kier molecular flexibility index (Phi) is 8.56. The van der Waals surface area contributed by atoms with Gasteiger partial charge in [-0.05, 0) is 55.3 Å². The molecule has 3 N–H and O–H groups in total. The number of furan rings is 1. The third kappa shape index (κ3) is 6.10. The van der Waals surface area contributed by atoms with Gasteiger partial charge in [-0.15, -0.1) is 0 Å². The quantitative estimate of drug-likeness (QED) is 0.333. The van der Waals surface area contributed by atoms with Crippen molar-refractivity contribution in [2.75, 3.05) is 23.5 Å². The summed E-state index contributed by atoms with van der Waals surface area (Å²) in [6, 6.07) is 20.4. The van der Waals surface area contributed by atoms with Crippen LogP contribution < -0.4 is 20.7 Å². The summed E-state index contributed by atoms with van der Waals surface area (Å²) >= 11 is 1.19. The van der Waals surface area contributed by atoms with E-state index in [1.54, 1.807) is 50.4 Å². The average molecular weight is 529 g/mol. The summed E-state index contributed by atoms with van der Waals surface area (Å²) in [6.07, 6.45) is 2.41. The first-order valence-corrected chi connectivity index (χ1v) is 13.0. The molecular formula is C29H28N4O4S. The first-order valence-electron chi connectivity index (χ1n) is 12.1. The van der Waals surface area contributed by atoms with Crippen LogP contribution in [0.15, 0.2) is 93.2 Å². The van der Waals surface area contributed by atoms with Crippen molar-refractivity contribution in [1.29, 1.82) is 5.26 Å². The second-order valence-corrected chi connectivity index (χ2v) is 9.53. The van der Waals surface area contributed by atoms with Gasteiger partial charge in [0, 0.05) is 23.1 Å². The van der Waals surface area contributed by atoms with Crippen LogP contribution in [0.2, 0.25) is 0 Å².